The standard InChI is InChI=1S/C13H19NO2/c1-10(12(15)16-13(2,3)4)14-11-8-6-5-7-9-11/h5-10,14H,1-4H3/t10-/m0/s1. The minimum atomic E-state index is -0.441. The molecule has 16 heavy (non-hydrogen) atoms. The molecule has 0 saturated carbocycles. The molecule has 1 atom stereocenters. The second-order valence-corrected chi connectivity index (χ2v) is 4.77. The maximum Gasteiger partial charge on any atom is 0.328 e. The normalized spacial score (nSPS) is 13.0. The van der Waals surface area contributed by atoms with Crippen LogP contribution in [-0.2, 0) is 9.53 Å². The molecule has 0 bridgehead atoms. The van der Waals surface area contributed by atoms with Gasteiger partial charge < -0.3 is 10.1 Å². The number of hydrogen-bond acceptors (Lipinski definition) is 3. The Morgan fingerprint density at radius 2 is 1.81 bits per heavy atom. The van der Waals surface area contributed by atoms with Gasteiger partial charge in [-0.2, -0.15) is 0 Å². The highest BCUT2D eigenvalue weighted by Gasteiger charge is 2.21. The zero-order valence-corrected chi connectivity index (χ0v) is 10.3. The Morgan fingerprint density at radius 3 is 2.31 bits per heavy atom. The molecule has 0 unspecified atom stereocenters. The van der Waals surface area contributed by atoms with Crippen LogP contribution >= 0.6 is 0 Å². The van der Waals surface area contributed by atoms with Crippen molar-refractivity contribution >= 4 is 11.7 Å². The fraction of sp³-hybridized carbons (Fsp3) is 0.462. The van der Waals surface area contributed by atoms with Crippen molar-refractivity contribution in [2.24, 2.45) is 0 Å². The Kier molecular flexibility index (Phi) is 3.93. The third-order valence-electron chi connectivity index (χ3n) is 1.92. The van der Waals surface area contributed by atoms with E-state index in [1.54, 1.807) is 6.92 Å². The van der Waals surface area contributed by atoms with Gasteiger partial charge in [-0.1, -0.05) is 18.2 Å². The van der Waals surface area contributed by atoms with Crippen LogP contribution in [0.25, 0.3) is 0 Å². The Hall–Kier alpha value is -1.51. The van der Waals surface area contributed by atoms with Crippen molar-refractivity contribution in [3.05, 3.63) is 30.3 Å². The third-order valence-corrected chi connectivity index (χ3v) is 1.92. The summed E-state index contributed by atoms with van der Waals surface area (Å²) in [4.78, 5) is 11.7. The first-order valence-corrected chi connectivity index (χ1v) is 5.43. The minimum Gasteiger partial charge on any atom is -0.458 e. The topological polar surface area (TPSA) is 38.3 Å². The van der Waals surface area contributed by atoms with Gasteiger partial charge in [0.25, 0.3) is 0 Å². The fourth-order valence-corrected chi connectivity index (χ4v) is 1.23. The molecule has 0 heterocycles. The Labute approximate surface area is 96.8 Å². The molecular weight excluding hydrogens is 202 g/mol. The largest absolute Gasteiger partial charge is 0.458 e. The summed E-state index contributed by atoms with van der Waals surface area (Å²) >= 11 is 0. The first-order valence-electron chi connectivity index (χ1n) is 5.43. The van der Waals surface area contributed by atoms with Crippen LogP contribution in [0.4, 0.5) is 5.69 Å². The van der Waals surface area contributed by atoms with Crippen molar-refractivity contribution in [3.63, 3.8) is 0 Å². The number of rotatable bonds is 3. The monoisotopic (exact) mass is 221 g/mol. The van der Waals surface area contributed by atoms with Crippen molar-refractivity contribution < 1.29 is 9.53 Å². The van der Waals surface area contributed by atoms with E-state index in [1.807, 2.05) is 51.1 Å². The molecule has 0 fully saturated rings. The van der Waals surface area contributed by atoms with Crippen LogP contribution in [0.5, 0.6) is 0 Å². The number of hydrogen-bond donors (Lipinski definition) is 1. The zero-order valence-electron chi connectivity index (χ0n) is 10.3. The van der Waals surface area contributed by atoms with Crippen LogP contribution in [0.15, 0.2) is 30.3 Å². The van der Waals surface area contributed by atoms with Crippen molar-refractivity contribution in [3.8, 4) is 0 Å². The van der Waals surface area contributed by atoms with Crippen LogP contribution in [0.3, 0.4) is 0 Å². The molecule has 0 aromatic heterocycles. The number of ether oxygens (including phenoxy) is 1. The molecule has 0 spiro atoms. The van der Waals surface area contributed by atoms with Crippen molar-refractivity contribution in [2.45, 2.75) is 39.3 Å². The van der Waals surface area contributed by atoms with Gasteiger partial charge in [-0.05, 0) is 39.8 Å². The summed E-state index contributed by atoms with van der Waals surface area (Å²) in [6, 6.07) is 9.26. The van der Waals surface area contributed by atoms with E-state index in [2.05, 4.69) is 5.32 Å². The summed E-state index contributed by atoms with van der Waals surface area (Å²) in [6.07, 6.45) is 0. The lowest BCUT2D eigenvalue weighted by atomic mass is 10.2. The van der Waals surface area contributed by atoms with Crippen molar-refractivity contribution in [1.29, 1.82) is 0 Å². The van der Waals surface area contributed by atoms with Gasteiger partial charge in [0.2, 0.25) is 0 Å². The van der Waals surface area contributed by atoms with E-state index >= 15 is 0 Å². The van der Waals surface area contributed by atoms with Gasteiger partial charge in [0.05, 0.1) is 0 Å². The summed E-state index contributed by atoms with van der Waals surface area (Å²) < 4.78 is 5.27. The average Bonchev–Trinajstić information content (AvgIpc) is 2.16. The predicted molar refractivity (Wildman–Crippen MR) is 65.4 cm³/mol. The highest BCUT2D eigenvalue weighted by atomic mass is 16.6. The van der Waals surface area contributed by atoms with Gasteiger partial charge in [0.15, 0.2) is 0 Å². The molecule has 1 N–H and O–H groups in total. The summed E-state index contributed by atoms with van der Waals surface area (Å²) in [5.41, 5.74) is 0.477. The summed E-state index contributed by atoms with van der Waals surface area (Å²) in [5.74, 6) is -0.239. The molecule has 0 amide bonds. The lowest BCUT2D eigenvalue weighted by molar-refractivity contribution is -0.155. The number of nitrogens with one attached hydrogen (secondary N) is 1. The quantitative estimate of drug-likeness (QED) is 0.798. The highest BCUT2D eigenvalue weighted by molar-refractivity contribution is 5.79. The second kappa shape index (κ2) is 5.01. The Bertz CT molecular complexity index is 341. The molecule has 0 aliphatic carbocycles. The minimum absolute atomic E-state index is 0.239. The number of carbonyl (C=O) groups is 1. The number of carbonyl (C=O) groups excluding carboxylic acids is 1. The summed E-state index contributed by atoms with van der Waals surface area (Å²) in [7, 11) is 0. The van der Waals surface area contributed by atoms with Crippen LogP contribution in [0, 0.1) is 0 Å². The number of anilines is 1. The fourth-order valence-electron chi connectivity index (χ4n) is 1.23. The third kappa shape index (κ3) is 4.34. The van der Waals surface area contributed by atoms with E-state index in [4.69, 9.17) is 4.74 Å². The number of para-hydroxylation sites is 1. The Morgan fingerprint density at radius 1 is 1.25 bits per heavy atom. The van der Waals surface area contributed by atoms with Gasteiger partial charge >= 0.3 is 5.97 Å². The van der Waals surface area contributed by atoms with Crippen molar-refractivity contribution in [1.82, 2.24) is 0 Å². The van der Waals surface area contributed by atoms with E-state index in [-0.39, 0.29) is 12.0 Å². The maximum atomic E-state index is 11.7. The smallest absolute Gasteiger partial charge is 0.328 e. The number of benzene rings is 1. The second-order valence-electron chi connectivity index (χ2n) is 4.77. The molecule has 1 aromatic rings. The summed E-state index contributed by atoms with van der Waals surface area (Å²) in [5, 5.41) is 3.09. The van der Waals surface area contributed by atoms with Crippen LogP contribution < -0.4 is 5.32 Å². The summed E-state index contributed by atoms with van der Waals surface area (Å²) in [6.45, 7) is 7.38. The first kappa shape index (κ1) is 12.6. The average molecular weight is 221 g/mol. The molecule has 0 saturated heterocycles. The van der Waals surface area contributed by atoms with E-state index in [0.29, 0.717) is 0 Å². The highest BCUT2D eigenvalue weighted by Crippen LogP contribution is 2.11. The lowest BCUT2D eigenvalue weighted by Gasteiger charge is -2.23. The maximum absolute atomic E-state index is 11.7. The molecule has 88 valence electrons. The SMILES string of the molecule is C[C@H](Nc1ccccc1)C(=O)OC(C)(C)C. The van der Waals surface area contributed by atoms with E-state index in [1.165, 1.54) is 0 Å². The molecular formula is C13H19NO2. The van der Waals surface area contributed by atoms with Crippen LogP contribution in [0.2, 0.25) is 0 Å². The zero-order chi connectivity index (χ0) is 12.2. The molecule has 0 aliphatic rings. The van der Waals surface area contributed by atoms with Crippen molar-refractivity contribution in [2.75, 3.05) is 5.32 Å². The lowest BCUT2D eigenvalue weighted by Crippen LogP contribution is -2.34. The molecule has 3 nitrogen and oxygen atoms in total. The molecule has 1 rings (SSSR count). The van der Waals surface area contributed by atoms with Crippen LogP contribution in [0.1, 0.15) is 27.7 Å². The van der Waals surface area contributed by atoms with E-state index in [9.17, 15) is 4.79 Å². The predicted octanol–water partition coefficient (Wildman–Crippen LogP) is 2.83. The van der Waals surface area contributed by atoms with Gasteiger partial charge in [-0.25, -0.2) is 4.79 Å². The first-order chi connectivity index (χ1) is 7.38. The van der Waals surface area contributed by atoms with Gasteiger partial charge in [-0.3, -0.25) is 0 Å². The van der Waals surface area contributed by atoms with Gasteiger partial charge in [-0.15, -0.1) is 0 Å². The van der Waals surface area contributed by atoms with Gasteiger partial charge in [0.1, 0.15) is 11.6 Å². The molecule has 0 radical (unpaired) electrons. The van der Waals surface area contributed by atoms with Crippen LogP contribution in [-0.4, -0.2) is 17.6 Å². The van der Waals surface area contributed by atoms with E-state index < -0.39 is 5.60 Å². The molecule has 3 heteroatoms. The molecule has 0 aliphatic heterocycles. The Balaban J connectivity index is 2.53. The van der Waals surface area contributed by atoms with Gasteiger partial charge in [0, 0.05) is 5.69 Å². The molecule has 1 aromatic carbocycles. The number of esters is 1. The van der Waals surface area contributed by atoms with E-state index in [0.717, 1.165) is 5.69 Å².